The van der Waals surface area contributed by atoms with E-state index in [1.54, 1.807) is 17.5 Å². The van der Waals surface area contributed by atoms with E-state index in [4.69, 9.17) is 0 Å². The fourth-order valence-electron chi connectivity index (χ4n) is 5.57. The van der Waals surface area contributed by atoms with Crippen LogP contribution in [0.15, 0.2) is 109 Å². The Hall–Kier alpha value is -5.67. The Balaban J connectivity index is 1.39. The van der Waals surface area contributed by atoms with Crippen molar-refractivity contribution in [2.45, 2.75) is 52.4 Å². The number of anilines is 3. The minimum atomic E-state index is -1.14. The summed E-state index contributed by atoms with van der Waals surface area (Å²) in [7, 11) is 0. The monoisotopic (exact) mass is 682 g/mol. The van der Waals surface area contributed by atoms with Crippen molar-refractivity contribution in [1.82, 2.24) is 15.0 Å². The summed E-state index contributed by atoms with van der Waals surface area (Å²) < 4.78 is 0. The van der Waals surface area contributed by atoms with Crippen LogP contribution in [0.5, 0.6) is 0 Å². The van der Waals surface area contributed by atoms with Crippen LogP contribution in [0.1, 0.15) is 73.4 Å². The van der Waals surface area contributed by atoms with Gasteiger partial charge in [0, 0.05) is 28.6 Å². The molecule has 0 atom stereocenters. The molecule has 0 radical (unpaired) electrons. The lowest BCUT2D eigenvalue weighted by molar-refractivity contribution is 0.0686. The Labute approximate surface area is 295 Å². The summed E-state index contributed by atoms with van der Waals surface area (Å²) in [4.78, 5) is 40.4. The van der Waals surface area contributed by atoms with E-state index in [-0.39, 0.29) is 33.3 Å². The third-order valence-corrected chi connectivity index (χ3v) is 9.56. The summed E-state index contributed by atoms with van der Waals surface area (Å²) in [6.45, 7) is 13.3. The molecular weight excluding hydrogens is 645 g/mol. The molecule has 8 nitrogen and oxygen atoms in total. The largest absolute Gasteiger partial charge is 0.478 e. The second-order valence-electron chi connectivity index (χ2n) is 14.2. The second-order valence-corrected chi connectivity index (χ2v) is 15.2. The van der Waals surface area contributed by atoms with Gasteiger partial charge in [-0.2, -0.15) is 0 Å². The fraction of sp³-hybridized carbons (Fsp3) is 0.195. The van der Waals surface area contributed by atoms with E-state index < -0.39 is 11.9 Å². The van der Waals surface area contributed by atoms with Gasteiger partial charge in [-0.05, 0) is 100 Å². The molecule has 0 unspecified atom stereocenters. The molecule has 9 heteroatoms. The van der Waals surface area contributed by atoms with Gasteiger partial charge in [0.2, 0.25) is 0 Å². The fourth-order valence-corrected chi connectivity index (χ4v) is 6.62. The number of carboxylic acids is 2. The highest BCUT2D eigenvalue weighted by Gasteiger charge is 2.21. The van der Waals surface area contributed by atoms with Crippen LogP contribution in [-0.2, 0) is 10.8 Å². The van der Waals surface area contributed by atoms with Gasteiger partial charge >= 0.3 is 11.9 Å². The molecule has 4 aromatic heterocycles. The Morgan fingerprint density at radius 3 is 1.56 bits per heavy atom. The molecule has 6 aromatic rings. The number of carboxylic acid groups (broad SMARTS) is 2. The molecule has 0 aliphatic carbocycles. The molecule has 0 spiro atoms. The summed E-state index contributed by atoms with van der Waals surface area (Å²) in [6, 6.07) is 31.0. The lowest BCUT2D eigenvalue weighted by Gasteiger charge is -2.26. The van der Waals surface area contributed by atoms with E-state index in [0.717, 1.165) is 26.8 Å². The zero-order valence-electron chi connectivity index (χ0n) is 28.8. The number of carbonyl (C=O) groups is 2. The smallest absolute Gasteiger partial charge is 0.335 e. The molecule has 252 valence electrons. The van der Waals surface area contributed by atoms with E-state index in [9.17, 15) is 19.8 Å². The predicted octanol–water partition coefficient (Wildman–Crippen LogP) is 10.4. The number of aromatic carboxylic acids is 2. The van der Waals surface area contributed by atoms with Crippen LogP contribution < -0.4 is 4.90 Å². The van der Waals surface area contributed by atoms with Crippen LogP contribution in [0.3, 0.4) is 0 Å². The van der Waals surface area contributed by atoms with Crippen LogP contribution in [0.2, 0.25) is 0 Å². The Morgan fingerprint density at radius 2 is 1.06 bits per heavy atom. The summed E-state index contributed by atoms with van der Waals surface area (Å²) in [6.07, 6.45) is 3.04. The molecule has 2 N–H and O–H groups in total. The standard InChI is InChI=1S/C41H38N4O4S/c1-40(2,3)28-7-11-30(12-8-28)45(31-13-9-29(10-14-31)41(4,5)6)37-16-15-36(50-37)25-17-19-42-32(21-25)34-23-27(39(48)49)24-35(44-34)33-22-26(38(46)47)18-20-43-33/h7-24H,1-6H3,(H,46,47)(H,48,49). The highest BCUT2D eigenvalue weighted by atomic mass is 32.1. The number of pyridine rings is 3. The van der Waals surface area contributed by atoms with E-state index in [1.165, 1.54) is 41.6 Å². The maximum absolute atomic E-state index is 12.1. The van der Waals surface area contributed by atoms with Gasteiger partial charge in [-0.3, -0.25) is 9.97 Å². The number of thiophene rings is 1. The first-order chi connectivity index (χ1) is 23.7. The zero-order valence-corrected chi connectivity index (χ0v) is 29.6. The van der Waals surface area contributed by atoms with Gasteiger partial charge in [-0.25, -0.2) is 14.6 Å². The summed E-state index contributed by atoms with van der Waals surface area (Å²) in [5.41, 5.74) is 6.89. The molecule has 0 saturated heterocycles. The Bertz CT molecular complexity index is 2140. The molecule has 4 heterocycles. The molecule has 6 rings (SSSR count). The van der Waals surface area contributed by atoms with Gasteiger partial charge in [-0.15, -0.1) is 11.3 Å². The zero-order chi connectivity index (χ0) is 35.8. The van der Waals surface area contributed by atoms with Gasteiger partial charge in [-0.1, -0.05) is 65.8 Å². The predicted molar refractivity (Wildman–Crippen MR) is 200 cm³/mol. The molecule has 0 fully saturated rings. The van der Waals surface area contributed by atoms with Crippen LogP contribution in [0.25, 0.3) is 33.2 Å². The van der Waals surface area contributed by atoms with Crippen molar-refractivity contribution in [2.75, 3.05) is 4.90 Å². The van der Waals surface area contributed by atoms with E-state index >= 15 is 0 Å². The average molecular weight is 683 g/mol. The van der Waals surface area contributed by atoms with E-state index in [1.807, 2.05) is 12.1 Å². The number of benzene rings is 2. The van der Waals surface area contributed by atoms with Crippen molar-refractivity contribution in [3.63, 3.8) is 0 Å². The third-order valence-electron chi connectivity index (χ3n) is 8.44. The Kier molecular flexibility index (Phi) is 9.12. The van der Waals surface area contributed by atoms with Crippen LogP contribution in [0, 0.1) is 0 Å². The van der Waals surface area contributed by atoms with Crippen molar-refractivity contribution in [3.8, 4) is 33.2 Å². The van der Waals surface area contributed by atoms with Crippen molar-refractivity contribution in [2.24, 2.45) is 0 Å². The minimum absolute atomic E-state index is 0.0104. The van der Waals surface area contributed by atoms with Gasteiger partial charge in [0.25, 0.3) is 0 Å². The Morgan fingerprint density at radius 1 is 0.580 bits per heavy atom. The van der Waals surface area contributed by atoms with Crippen molar-refractivity contribution >= 4 is 39.7 Å². The molecule has 50 heavy (non-hydrogen) atoms. The summed E-state index contributed by atoms with van der Waals surface area (Å²) in [5, 5.41) is 20.4. The average Bonchev–Trinajstić information content (AvgIpc) is 3.58. The first-order valence-electron chi connectivity index (χ1n) is 16.2. The first kappa shape index (κ1) is 34.2. The molecule has 2 aromatic carbocycles. The SMILES string of the molecule is CC(C)(C)c1ccc(N(c2ccc(C(C)(C)C)cc2)c2ccc(-c3ccnc(-c4cc(C(=O)O)cc(-c5cc(C(=O)O)ccn5)n4)c3)s2)cc1. The molecular formula is C41H38N4O4S. The number of rotatable bonds is 8. The molecule has 0 bridgehead atoms. The van der Waals surface area contributed by atoms with Crippen LogP contribution >= 0.6 is 11.3 Å². The van der Waals surface area contributed by atoms with E-state index in [2.05, 4.69) is 122 Å². The number of hydrogen-bond donors (Lipinski definition) is 2. The maximum atomic E-state index is 12.1. The van der Waals surface area contributed by atoms with Crippen molar-refractivity contribution < 1.29 is 19.8 Å². The van der Waals surface area contributed by atoms with Gasteiger partial charge in [0.05, 0.1) is 33.9 Å². The number of nitrogens with zero attached hydrogens (tertiary/aromatic N) is 4. The lowest BCUT2D eigenvalue weighted by Crippen LogP contribution is -2.13. The normalized spacial score (nSPS) is 11.7. The third kappa shape index (κ3) is 7.33. The molecule has 0 aliphatic heterocycles. The highest BCUT2D eigenvalue weighted by molar-refractivity contribution is 7.19. The molecule has 0 amide bonds. The summed E-state index contributed by atoms with van der Waals surface area (Å²) in [5.74, 6) is -2.26. The van der Waals surface area contributed by atoms with Gasteiger partial charge < -0.3 is 15.1 Å². The van der Waals surface area contributed by atoms with Crippen molar-refractivity contribution in [3.05, 3.63) is 132 Å². The van der Waals surface area contributed by atoms with Crippen molar-refractivity contribution in [1.29, 1.82) is 0 Å². The second kappa shape index (κ2) is 13.3. The lowest BCUT2D eigenvalue weighted by atomic mass is 9.87. The quantitative estimate of drug-likeness (QED) is 0.163. The van der Waals surface area contributed by atoms with Crippen LogP contribution in [-0.4, -0.2) is 37.1 Å². The molecule has 0 aliphatic rings. The van der Waals surface area contributed by atoms with E-state index in [0.29, 0.717) is 11.4 Å². The topological polar surface area (TPSA) is 117 Å². The number of aromatic nitrogens is 3. The maximum Gasteiger partial charge on any atom is 0.335 e. The van der Waals surface area contributed by atoms with Gasteiger partial charge in [0.15, 0.2) is 0 Å². The minimum Gasteiger partial charge on any atom is -0.478 e. The highest BCUT2D eigenvalue weighted by Crippen LogP contribution is 2.43. The molecule has 0 saturated carbocycles. The first-order valence-corrected chi connectivity index (χ1v) is 17.0. The van der Waals surface area contributed by atoms with Gasteiger partial charge in [0.1, 0.15) is 5.00 Å². The van der Waals surface area contributed by atoms with Crippen LogP contribution in [0.4, 0.5) is 16.4 Å². The summed E-state index contributed by atoms with van der Waals surface area (Å²) >= 11 is 1.64. The number of hydrogen-bond acceptors (Lipinski definition) is 7.